The predicted molar refractivity (Wildman–Crippen MR) is 90.9 cm³/mol. The molecular weight excluding hydrogens is 334 g/mol. The molecule has 4 heterocycles. The Hall–Kier alpha value is -1.54. The largest absolute Gasteiger partial charge is 0.379 e. The summed E-state index contributed by atoms with van der Waals surface area (Å²) >= 11 is 7.72. The number of ether oxygens (including phenoxy) is 1. The number of thiophene rings is 1. The van der Waals surface area contributed by atoms with Crippen LogP contribution in [0.15, 0.2) is 24.8 Å². The average molecular weight is 350 g/mol. The lowest BCUT2D eigenvalue weighted by molar-refractivity contribution is 0.0360. The zero-order chi connectivity index (χ0) is 15.6. The molecule has 0 N–H and O–H groups in total. The van der Waals surface area contributed by atoms with Gasteiger partial charge >= 0.3 is 0 Å². The van der Waals surface area contributed by atoms with E-state index in [0.29, 0.717) is 5.15 Å². The van der Waals surface area contributed by atoms with Crippen molar-refractivity contribution in [2.24, 2.45) is 0 Å². The summed E-state index contributed by atoms with van der Waals surface area (Å²) in [4.78, 5) is 11.8. The molecule has 0 saturated carbocycles. The van der Waals surface area contributed by atoms with Crippen molar-refractivity contribution in [3.05, 3.63) is 29.9 Å². The molecule has 3 aromatic rings. The molecule has 0 aromatic carbocycles. The third kappa shape index (κ3) is 3.23. The molecule has 0 bridgehead atoms. The van der Waals surface area contributed by atoms with E-state index < -0.39 is 0 Å². The molecule has 0 aliphatic carbocycles. The highest BCUT2D eigenvalue weighted by Gasteiger charge is 2.12. The van der Waals surface area contributed by atoms with Gasteiger partial charge < -0.3 is 4.74 Å². The van der Waals surface area contributed by atoms with Crippen LogP contribution >= 0.6 is 22.9 Å². The topological polar surface area (TPSA) is 56.1 Å². The molecule has 8 heteroatoms. The molecule has 0 atom stereocenters. The van der Waals surface area contributed by atoms with Crippen LogP contribution in [0.2, 0.25) is 5.15 Å². The number of hydrogen-bond donors (Lipinski definition) is 0. The first kappa shape index (κ1) is 15.0. The molecule has 120 valence electrons. The molecule has 4 rings (SSSR count). The number of hydrogen-bond acceptors (Lipinski definition) is 6. The SMILES string of the molecule is Clc1ncnc2cc(-c3cnn(CCN4CCOCC4)c3)sc12. The number of aromatic nitrogens is 4. The molecule has 6 nitrogen and oxygen atoms in total. The summed E-state index contributed by atoms with van der Waals surface area (Å²) in [6.45, 7) is 5.53. The Balaban J connectivity index is 1.49. The van der Waals surface area contributed by atoms with Crippen LogP contribution in [0.4, 0.5) is 0 Å². The van der Waals surface area contributed by atoms with Gasteiger partial charge in [0.1, 0.15) is 11.5 Å². The molecule has 0 unspecified atom stereocenters. The summed E-state index contributed by atoms with van der Waals surface area (Å²) in [6, 6.07) is 2.04. The second-order valence-corrected chi connectivity index (χ2v) is 6.85. The Kier molecular flexibility index (Phi) is 4.26. The maximum Gasteiger partial charge on any atom is 0.150 e. The minimum atomic E-state index is 0.506. The fourth-order valence-electron chi connectivity index (χ4n) is 2.65. The first-order valence-corrected chi connectivity index (χ1v) is 8.72. The Morgan fingerprint density at radius 2 is 2.09 bits per heavy atom. The average Bonchev–Trinajstić information content (AvgIpc) is 3.21. The lowest BCUT2D eigenvalue weighted by Gasteiger charge is -2.26. The number of fused-ring (bicyclic) bond motifs is 1. The van der Waals surface area contributed by atoms with Gasteiger partial charge in [0.25, 0.3) is 0 Å². The van der Waals surface area contributed by atoms with Crippen LogP contribution in [0.25, 0.3) is 20.7 Å². The van der Waals surface area contributed by atoms with Gasteiger partial charge in [-0.15, -0.1) is 11.3 Å². The van der Waals surface area contributed by atoms with Gasteiger partial charge in [-0.25, -0.2) is 9.97 Å². The van der Waals surface area contributed by atoms with Gasteiger partial charge in [0.2, 0.25) is 0 Å². The van der Waals surface area contributed by atoms with Crippen LogP contribution in [0.1, 0.15) is 0 Å². The van der Waals surface area contributed by atoms with Gasteiger partial charge in [0, 0.05) is 36.3 Å². The third-order valence-corrected chi connectivity index (χ3v) is 5.51. The second-order valence-electron chi connectivity index (χ2n) is 5.44. The summed E-state index contributed by atoms with van der Waals surface area (Å²) in [6.07, 6.45) is 5.46. The number of morpholine rings is 1. The monoisotopic (exact) mass is 349 g/mol. The number of halogens is 1. The van der Waals surface area contributed by atoms with Crippen molar-refractivity contribution in [2.75, 3.05) is 32.8 Å². The molecule has 0 spiro atoms. The number of nitrogens with zero attached hydrogens (tertiary/aromatic N) is 5. The van der Waals surface area contributed by atoms with Crippen LogP contribution < -0.4 is 0 Å². The van der Waals surface area contributed by atoms with Gasteiger partial charge in [-0.1, -0.05) is 11.6 Å². The van der Waals surface area contributed by atoms with Crippen LogP contribution in [-0.2, 0) is 11.3 Å². The van der Waals surface area contributed by atoms with Crippen molar-refractivity contribution < 1.29 is 4.74 Å². The van der Waals surface area contributed by atoms with Crippen molar-refractivity contribution in [1.82, 2.24) is 24.6 Å². The highest BCUT2D eigenvalue weighted by Crippen LogP contribution is 2.34. The van der Waals surface area contributed by atoms with E-state index in [4.69, 9.17) is 16.3 Å². The Labute approximate surface area is 142 Å². The summed E-state index contributed by atoms with van der Waals surface area (Å²) in [5.74, 6) is 0. The minimum absolute atomic E-state index is 0.506. The van der Waals surface area contributed by atoms with Crippen molar-refractivity contribution in [3.63, 3.8) is 0 Å². The molecule has 1 aliphatic heterocycles. The van der Waals surface area contributed by atoms with Gasteiger partial charge in [-0.3, -0.25) is 9.58 Å². The van der Waals surface area contributed by atoms with E-state index in [1.165, 1.54) is 6.33 Å². The van der Waals surface area contributed by atoms with Crippen LogP contribution in [0.3, 0.4) is 0 Å². The predicted octanol–water partition coefficient (Wildman–Crippen LogP) is 2.54. The molecule has 23 heavy (non-hydrogen) atoms. The van der Waals surface area contributed by atoms with Crippen LogP contribution in [0.5, 0.6) is 0 Å². The summed E-state index contributed by atoms with van der Waals surface area (Å²) < 4.78 is 8.28. The van der Waals surface area contributed by atoms with E-state index in [1.807, 2.05) is 16.9 Å². The molecule has 3 aromatic heterocycles. The maximum atomic E-state index is 6.12. The molecule has 1 aliphatic rings. The van der Waals surface area contributed by atoms with E-state index >= 15 is 0 Å². The van der Waals surface area contributed by atoms with E-state index in [1.54, 1.807) is 11.3 Å². The number of rotatable bonds is 4. The van der Waals surface area contributed by atoms with Crippen molar-refractivity contribution in [3.8, 4) is 10.4 Å². The standard InChI is InChI=1S/C15H16ClN5OS/c16-15-14-12(17-10-18-15)7-13(23-14)11-8-19-21(9-11)2-1-20-3-5-22-6-4-20/h7-10H,1-6H2. The second kappa shape index (κ2) is 6.52. The highest BCUT2D eigenvalue weighted by atomic mass is 35.5. The summed E-state index contributed by atoms with van der Waals surface area (Å²) in [5.41, 5.74) is 1.97. The van der Waals surface area contributed by atoms with Crippen LogP contribution in [-0.4, -0.2) is 57.5 Å². The quantitative estimate of drug-likeness (QED) is 0.677. The fraction of sp³-hybridized carbons (Fsp3) is 0.400. The Morgan fingerprint density at radius 1 is 1.22 bits per heavy atom. The lowest BCUT2D eigenvalue weighted by atomic mass is 10.3. The fourth-order valence-corrected chi connectivity index (χ4v) is 3.87. The normalized spacial score (nSPS) is 16.2. The minimum Gasteiger partial charge on any atom is -0.379 e. The first-order chi connectivity index (χ1) is 11.3. The molecule has 1 fully saturated rings. The first-order valence-electron chi connectivity index (χ1n) is 7.52. The van der Waals surface area contributed by atoms with Crippen LogP contribution in [0, 0.1) is 0 Å². The maximum absolute atomic E-state index is 6.12. The van der Waals surface area contributed by atoms with E-state index in [-0.39, 0.29) is 0 Å². The van der Waals surface area contributed by atoms with Crippen molar-refractivity contribution >= 4 is 33.2 Å². The Bertz CT molecular complexity index is 811. The highest BCUT2D eigenvalue weighted by molar-refractivity contribution is 7.22. The van der Waals surface area contributed by atoms with Gasteiger partial charge in [0.05, 0.1) is 36.2 Å². The molecule has 1 saturated heterocycles. The lowest BCUT2D eigenvalue weighted by Crippen LogP contribution is -2.38. The van der Waals surface area contributed by atoms with E-state index in [9.17, 15) is 0 Å². The molecular formula is C15H16ClN5OS. The zero-order valence-electron chi connectivity index (χ0n) is 12.5. The van der Waals surface area contributed by atoms with Crippen molar-refractivity contribution in [2.45, 2.75) is 6.54 Å². The zero-order valence-corrected chi connectivity index (χ0v) is 14.1. The van der Waals surface area contributed by atoms with E-state index in [0.717, 1.165) is 60.1 Å². The Morgan fingerprint density at radius 3 is 2.91 bits per heavy atom. The smallest absolute Gasteiger partial charge is 0.150 e. The molecule has 0 amide bonds. The van der Waals surface area contributed by atoms with E-state index in [2.05, 4.69) is 26.2 Å². The summed E-state index contributed by atoms with van der Waals surface area (Å²) in [7, 11) is 0. The van der Waals surface area contributed by atoms with Gasteiger partial charge in [0.15, 0.2) is 0 Å². The summed E-state index contributed by atoms with van der Waals surface area (Å²) in [5, 5.41) is 4.97. The molecule has 0 radical (unpaired) electrons. The third-order valence-electron chi connectivity index (χ3n) is 3.93. The van der Waals surface area contributed by atoms with Crippen molar-refractivity contribution in [1.29, 1.82) is 0 Å². The van der Waals surface area contributed by atoms with Gasteiger partial charge in [-0.2, -0.15) is 5.10 Å². The van der Waals surface area contributed by atoms with Gasteiger partial charge in [-0.05, 0) is 6.07 Å².